The van der Waals surface area contributed by atoms with Gasteiger partial charge in [-0.2, -0.15) is 0 Å². The maximum Gasteiger partial charge on any atom is 0.488 e. The Bertz CT molecular complexity index is 231. The van der Waals surface area contributed by atoms with E-state index in [-0.39, 0.29) is 5.60 Å². The maximum atomic E-state index is 5.72. The number of hydrogen-bond acceptors (Lipinski definition) is 2. The molecule has 0 amide bonds. The van der Waals surface area contributed by atoms with Gasteiger partial charge in [0, 0.05) is 0 Å². The van der Waals surface area contributed by atoms with Crippen LogP contribution in [0.5, 0.6) is 0 Å². The molecule has 13 heavy (non-hydrogen) atoms. The van der Waals surface area contributed by atoms with E-state index in [1.54, 1.807) is 7.69 Å². The fraction of sp³-hybridized carbons (Fsp3) is 1.00. The Balaban J connectivity index is 1.90. The van der Waals surface area contributed by atoms with E-state index in [0.29, 0.717) is 5.41 Å². The molecule has 3 heteroatoms. The third-order valence-corrected chi connectivity index (χ3v) is 4.70. The number of hydrogen-bond donors (Lipinski definition) is 0. The van der Waals surface area contributed by atoms with E-state index in [9.17, 15) is 0 Å². The second-order valence-electron chi connectivity index (χ2n) is 5.44. The van der Waals surface area contributed by atoms with Gasteiger partial charge in [0.15, 0.2) is 0 Å². The summed E-state index contributed by atoms with van der Waals surface area (Å²) in [6.45, 7) is 5.55. The molecule has 1 spiro atoms. The molecule has 0 aromatic rings. The molecule has 4 aliphatic rings. The third-order valence-electron chi connectivity index (χ3n) is 4.70. The molecular formula is C10H16BO2. The van der Waals surface area contributed by atoms with Gasteiger partial charge >= 0.3 is 7.69 Å². The normalized spacial score (nSPS) is 51.5. The van der Waals surface area contributed by atoms with Gasteiger partial charge in [0.1, 0.15) is 0 Å². The molecule has 3 saturated carbocycles. The fourth-order valence-electron chi connectivity index (χ4n) is 3.64. The summed E-state index contributed by atoms with van der Waals surface area (Å²) in [5, 5.41) is 0. The van der Waals surface area contributed by atoms with Gasteiger partial charge in [0.25, 0.3) is 0 Å². The van der Waals surface area contributed by atoms with E-state index in [0.717, 1.165) is 18.4 Å². The quantitative estimate of drug-likeness (QED) is 0.527. The van der Waals surface area contributed by atoms with Crippen molar-refractivity contribution in [2.75, 3.05) is 6.61 Å². The molecule has 71 valence electrons. The highest BCUT2D eigenvalue weighted by Crippen LogP contribution is 2.64. The van der Waals surface area contributed by atoms with Crippen LogP contribution in [-0.4, -0.2) is 19.9 Å². The molecule has 0 aromatic heterocycles. The van der Waals surface area contributed by atoms with Gasteiger partial charge in [-0.1, -0.05) is 13.8 Å². The molecule has 0 N–H and O–H groups in total. The van der Waals surface area contributed by atoms with Gasteiger partial charge in [0.2, 0.25) is 0 Å². The molecule has 2 nitrogen and oxygen atoms in total. The van der Waals surface area contributed by atoms with Crippen LogP contribution in [0.1, 0.15) is 33.1 Å². The molecule has 4 rings (SSSR count). The van der Waals surface area contributed by atoms with Crippen molar-refractivity contribution < 1.29 is 9.31 Å². The van der Waals surface area contributed by atoms with Crippen molar-refractivity contribution in [1.29, 1.82) is 0 Å². The summed E-state index contributed by atoms with van der Waals surface area (Å²) < 4.78 is 11.0. The van der Waals surface area contributed by atoms with Crippen LogP contribution in [0.3, 0.4) is 0 Å². The Kier molecular flexibility index (Phi) is 1.48. The molecule has 4 fully saturated rings. The molecule has 2 bridgehead atoms. The van der Waals surface area contributed by atoms with Crippen molar-refractivity contribution in [2.45, 2.75) is 38.7 Å². The monoisotopic (exact) mass is 179 g/mol. The Labute approximate surface area is 80.3 Å². The van der Waals surface area contributed by atoms with Crippen LogP contribution in [-0.2, 0) is 9.31 Å². The zero-order chi connectivity index (χ0) is 9.10. The number of fused-ring (bicyclic) bond motifs is 1. The van der Waals surface area contributed by atoms with Crippen molar-refractivity contribution in [3.05, 3.63) is 0 Å². The second-order valence-corrected chi connectivity index (χ2v) is 5.44. The Hall–Kier alpha value is -0.0151. The maximum absolute atomic E-state index is 5.72. The first-order valence-corrected chi connectivity index (χ1v) is 5.26. The summed E-state index contributed by atoms with van der Waals surface area (Å²) in [6.07, 6.45) is 3.87. The van der Waals surface area contributed by atoms with Gasteiger partial charge in [0.05, 0.1) is 12.2 Å². The van der Waals surface area contributed by atoms with Crippen LogP contribution in [0.2, 0.25) is 0 Å². The van der Waals surface area contributed by atoms with Crippen molar-refractivity contribution in [1.82, 2.24) is 0 Å². The summed E-state index contributed by atoms with van der Waals surface area (Å²) in [5.41, 5.74) is 0.540. The third kappa shape index (κ3) is 0.874. The minimum absolute atomic E-state index is 0.0538. The molecule has 3 unspecified atom stereocenters. The predicted octanol–water partition coefficient (Wildman–Crippen LogP) is 1.76. The molecule has 3 atom stereocenters. The number of rotatable bonds is 0. The van der Waals surface area contributed by atoms with Crippen LogP contribution in [0.4, 0.5) is 0 Å². The van der Waals surface area contributed by atoms with E-state index in [4.69, 9.17) is 9.31 Å². The summed E-state index contributed by atoms with van der Waals surface area (Å²) in [6, 6.07) is 0. The SMILES string of the molecule is CC1(C)C2CCC3(CO[B]O3)C1C2. The average molecular weight is 179 g/mol. The Morgan fingerprint density at radius 1 is 1.38 bits per heavy atom. The lowest BCUT2D eigenvalue weighted by Gasteiger charge is -2.63. The highest BCUT2D eigenvalue weighted by atomic mass is 16.6. The van der Waals surface area contributed by atoms with Crippen molar-refractivity contribution in [3.8, 4) is 0 Å². The molecule has 1 radical (unpaired) electrons. The zero-order valence-electron chi connectivity index (χ0n) is 8.38. The van der Waals surface area contributed by atoms with Gasteiger partial charge in [-0.15, -0.1) is 0 Å². The average Bonchev–Trinajstić information content (AvgIpc) is 2.53. The molecule has 0 aromatic carbocycles. The molecular weight excluding hydrogens is 163 g/mol. The Morgan fingerprint density at radius 3 is 2.77 bits per heavy atom. The predicted molar refractivity (Wildman–Crippen MR) is 50.1 cm³/mol. The topological polar surface area (TPSA) is 18.5 Å². The lowest BCUT2D eigenvalue weighted by Crippen LogP contribution is -2.62. The van der Waals surface area contributed by atoms with Gasteiger partial charge < -0.3 is 9.31 Å². The van der Waals surface area contributed by atoms with E-state index in [2.05, 4.69) is 13.8 Å². The van der Waals surface area contributed by atoms with E-state index < -0.39 is 0 Å². The largest absolute Gasteiger partial charge is 0.488 e. The smallest absolute Gasteiger partial charge is 0.410 e. The minimum Gasteiger partial charge on any atom is -0.410 e. The van der Waals surface area contributed by atoms with Crippen LogP contribution in [0.25, 0.3) is 0 Å². The summed E-state index contributed by atoms with van der Waals surface area (Å²) in [5.74, 6) is 1.66. The minimum atomic E-state index is 0.0538. The second kappa shape index (κ2) is 2.32. The van der Waals surface area contributed by atoms with Crippen molar-refractivity contribution in [3.63, 3.8) is 0 Å². The first-order valence-electron chi connectivity index (χ1n) is 5.26. The fourth-order valence-corrected chi connectivity index (χ4v) is 3.64. The van der Waals surface area contributed by atoms with Gasteiger partial charge in [-0.25, -0.2) is 0 Å². The highest BCUT2D eigenvalue weighted by Gasteiger charge is 2.62. The van der Waals surface area contributed by atoms with Crippen LogP contribution >= 0.6 is 0 Å². The molecule has 1 saturated heterocycles. The highest BCUT2D eigenvalue weighted by molar-refractivity contribution is 6.19. The first-order chi connectivity index (χ1) is 6.15. The Morgan fingerprint density at radius 2 is 2.23 bits per heavy atom. The standard InChI is InChI=1S/C10H16BO2/c1-9(2)7-3-4-10(8(9)5-7)6-12-11-13-10/h7-8H,3-6H2,1-2H3. The summed E-state index contributed by atoms with van der Waals surface area (Å²) in [4.78, 5) is 0. The molecule has 1 aliphatic heterocycles. The summed E-state index contributed by atoms with van der Waals surface area (Å²) >= 11 is 0. The van der Waals surface area contributed by atoms with E-state index in [1.165, 1.54) is 19.3 Å². The summed E-state index contributed by atoms with van der Waals surface area (Å²) in [7, 11) is 1.55. The van der Waals surface area contributed by atoms with E-state index in [1.807, 2.05) is 0 Å². The van der Waals surface area contributed by atoms with Crippen molar-refractivity contribution in [2.24, 2.45) is 17.3 Å². The molecule has 3 aliphatic carbocycles. The van der Waals surface area contributed by atoms with Gasteiger partial charge in [-0.05, 0) is 36.5 Å². The first kappa shape index (κ1) is 8.31. The van der Waals surface area contributed by atoms with Crippen LogP contribution in [0, 0.1) is 17.3 Å². The van der Waals surface area contributed by atoms with Gasteiger partial charge in [-0.3, -0.25) is 0 Å². The molecule has 1 heterocycles. The van der Waals surface area contributed by atoms with Crippen molar-refractivity contribution >= 4 is 7.69 Å². The van der Waals surface area contributed by atoms with Crippen LogP contribution < -0.4 is 0 Å². The zero-order valence-corrected chi connectivity index (χ0v) is 8.38. The lowest BCUT2D eigenvalue weighted by molar-refractivity contribution is -0.182. The lowest BCUT2D eigenvalue weighted by atomic mass is 9.44. The van der Waals surface area contributed by atoms with Crippen LogP contribution in [0.15, 0.2) is 0 Å². The van der Waals surface area contributed by atoms with E-state index >= 15 is 0 Å².